The zero-order valence-electron chi connectivity index (χ0n) is 21.1. The molecule has 0 saturated carbocycles. The summed E-state index contributed by atoms with van der Waals surface area (Å²) >= 11 is 0. The van der Waals surface area contributed by atoms with Crippen LogP contribution in [0.3, 0.4) is 0 Å². The number of aromatic nitrogens is 3. The van der Waals surface area contributed by atoms with Gasteiger partial charge in [-0.05, 0) is 61.0 Å². The number of nitrogens with zero attached hydrogens (tertiary/aromatic N) is 5. The summed E-state index contributed by atoms with van der Waals surface area (Å²) in [6, 6.07) is 21.9. The summed E-state index contributed by atoms with van der Waals surface area (Å²) in [5.41, 5.74) is 2.48. The van der Waals surface area contributed by atoms with E-state index in [-0.39, 0.29) is 0 Å². The standard InChI is InChI=1S/C21H18N6.3C2H6/c1-14-22-15(2)24-21(23-14)25-18-9-11-19(12-10-18)26-27-20-8-7-16-5-3-4-6-17(16)13-20;3*1-2/h3-13H,1-2H3,(H,22,23,24,25);3*1-2H3. The third-order valence-electron chi connectivity index (χ3n) is 4.00. The third-order valence-corrected chi connectivity index (χ3v) is 4.00. The maximum Gasteiger partial charge on any atom is 0.230 e. The molecule has 4 rings (SSSR count). The monoisotopic (exact) mass is 444 g/mol. The predicted molar refractivity (Wildman–Crippen MR) is 141 cm³/mol. The van der Waals surface area contributed by atoms with E-state index in [0.29, 0.717) is 17.6 Å². The average molecular weight is 445 g/mol. The van der Waals surface area contributed by atoms with Gasteiger partial charge < -0.3 is 5.32 Å². The smallest absolute Gasteiger partial charge is 0.230 e. The molecule has 0 saturated heterocycles. The molecule has 6 nitrogen and oxygen atoms in total. The fourth-order valence-electron chi connectivity index (χ4n) is 2.77. The first kappa shape index (κ1) is 27.4. The Morgan fingerprint density at radius 1 is 0.576 bits per heavy atom. The maximum absolute atomic E-state index is 4.34. The molecular weight excluding hydrogens is 408 g/mol. The summed E-state index contributed by atoms with van der Waals surface area (Å²) < 4.78 is 0. The van der Waals surface area contributed by atoms with Gasteiger partial charge in [0, 0.05) is 5.69 Å². The van der Waals surface area contributed by atoms with E-state index in [1.807, 2.05) is 104 Å². The van der Waals surface area contributed by atoms with E-state index in [9.17, 15) is 0 Å². The topological polar surface area (TPSA) is 75.4 Å². The lowest BCUT2D eigenvalue weighted by Gasteiger charge is -2.06. The number of fused-ring (bicyclic) bond motifs is 1. The van der Waals surface area contributed by atoms with Crippen LogP contribution in [0.25, 0.3) is 10.8 Å². The summed E-state index contributed by atoms with van der Waals surface area (Å²) in [4.78, 5) is 12.7. The van der Waals surface area contributed by atoms with E-state index < -0.39 is 0 Å². The molecule has 33 heavy (non-hydrogen) atoms. The minimum Gasteiger partial charge on any atom is -0.324 e. The zero-order chi connectivity index (χ0) is 24.6. The molecule has 0 aliphatic rings. The van der Waals surface area contributed by atoms with Crippen LogP contribution in [-0.2, 0) is 0 Å². The van der Waals surface area contributed by atoms with Gasteiger partial charge in [-0.25, -0.2) is 4.98 Å². The van der Waals surface area contributed by atoms with E-state index in [2.05, 4.69) is 48.7 Å². The molecule has 1 heterocycles. The van der Waals surface area contributed by atoms with Crippen LogP contribution in [0.15, 0.2) is 77.0 Å². The van der Waals surface area contributed by atoms with Crippen LogP contribution in [-0.4, -0.2) is 15.0 Å². The first-order valence-electron chi connectivity index (χ1n) is 11.6. The Morgan fingerprint density at radius 3 is 1.70 bits per heavy atom. The lowest BCUT2D eigenvalue weighted by molar-refractivity contribution is 0.928. The molecule has 0 bridgehead atoms. The number of anilines is 2. The van der Waals surface area contributed by atoms with Crippen molar-refractivity contribution >= 4 is 33.8 Å². The van der Waals surface area contributed by atoms with Gasteiger partial charge in [-0.15, -0.1) is 0 Å². The van der Waals surface area contributed by atoms with Crippen molar-refractivity contribution in [3.63, 3.8) is 0 Å². The molecule has 0 unspecified atom stereocenters. The summed E-state index contributed by atoms with van der Waals surface area (Å²) in [5, 5.41) is 14.2. The van der Waals surface area contributed by atoms with Crippen LogP contribution in [0.1, 0.15) is 53.2 Å². The number of hydrogen-bond donors (Lipinski definition) is 1. The zero-order valence-corrected chi connectivity index (χ0v) is 21.1. The normalized spacial score (nSPS) is 9.70. The molecule has 3 aromatic carbocycles. The highest BCUT2D eigenvalue weighted by Crippen LogP contribution is 2.24. The van der Waals surface area contributed by atoms with Crippen molar-refractivity contribution < 1.29 is 0 Å². The number of azo groups is 1. The van der Waals surface area contributed by atoms with Crippen LogP contribution in [0.5, 0.6) is 0 Å². The molecule has 0 fully saturated rings. The molecule has 0 radical (unpaired) electrons. The van der Waals surface area contributed by atoms with Crippen LogP contribution >= 0.6 is 0 Å². The number of aryl methyl sites for hydroxylation is 2. The van der Waals surface area contributed by atoms with Crippen LogP contribution in [0.4, 0.5) is 23.0 Å². The second kappa shape index (κ2) is 15.2. The summed E-state index contributed by atoms with van der Waals surface area (Å²) in [5.74, 6) is 1.90. The molecule has 6 heteroatoms. The predicted octanol–water partition coefficient (Wildman–Crippen LogP) is 8.88. The van der Waals surface area contributed by atoms with Crippen molar-refractivity contribution in [2.75, 3.05) is 5.32 Å². The van der Waals surface area contributed by atoms with E-state index >= 15 is 0 Å². The molecule has 174 valence electrons. The lowest BCUT2D eigenvalue weighted by atomic mass is 10.1. The van der Waals surface area contributed by atoms with Crippen molar-refractivity contribution in [2.45, 2.75) is 55.4 Å². The highest BCUT2D eigenvalue weighted by atomic mass is 15.2. The number of benzene rings is 3. The Kier molecular flexibility index (Phi) is 12.6. The Labute approximate surface area is 198 Å². The van der Waals surface area contributed by atoms with Crippen LogP contribution in [0, 0.1) is 13.8 Å². The van der Waals surface area contributed by atoms with Gasteiger partial charge in [0.15, 0.2) is 0 Å². The molecule has 1 N–H and O–H groups in total. The Morgan fingerprint density at radius 2 is 1.09 bits per heavy atom. The lowest BCUT2D eigenvalue weighted by Crippen LogP contribution is -2.02. The van der Waals surface area contributed by atoms with Gasteiger partial charge in [0.1, 0.15) is 11.6 Å². The minimum atomic E-state index is 0.533. The van der Waals surface area contributed by atoms with Gasteiger partial charge in [0.2, 0.25) is 5.95 Å². The Bertz CT molecular complexity index is 1100. The molecular formula is C27H36N6. The van der Waals surface area contributed by atoms with Crippen molar-refractivity contribution in [1.82, 2.24) is 15.0 Å². The molecule has 0 aliphatic heterocycles. The number of hydrogen-bond acceptors (Lipinski definition) is 6. The fourth-order valence-corrected chi connectivity index (χ4v) is 2.77. The summed E-state index contributed by atoms with van der Waals surface area (Å²) in [6.45, 7) is 15.7. The molecule has 0 amide bonds. The highest BCUT2D eigenvalue weighted by molar-refractivity contribution is 5.85. The largest absolute Gasteiger partial charge is 0.324 e. The first-order valence-corrected chi connectivity index (χ1v) is 11.6. The molecule has 1 aromatic heterocycles. The van der Waals surface area contributed by atoms with Crippen molar-refractivity contribution in [1.29, 1.82) is 0 Å². The summed E-state index contributed by atoms with van der Waals surface area (Å²) in [7, 11) is 0. The van der Waals surface area contributed by atoms with E-state index in [0.717, 1.165) is 22.4 Å². The maximum atomic E-state index is 4.34. The Balaban J connectivity index is 0.000000841. The SMILES string of the molecule is CC.CC.CC.Cc1nc(C)nc(Nc2ccc(N=Nc3ccc4ccccc4c3)cc2)n1. The van der Waals surface area contributed by atoms with Crippen molar-refractivity contribution in [2.24, 2.45) is 10.2 Å². The van der Waals surface area contributed by atoms with E-state index in [1.54, 1.807) is 0 Å². The number of nitrogens with one attached hydrogen (secondary N) is 1. The number of rotatable bonds is 4. The van der Waals surface area contributed by atoms with Crippen LogP contribution in [0.2, 0.25) is 0 Å². The second-order valence-electron chi connectivity index (χ2n) is 6.16. The molecule has 4 aromatic rings. The first-order chi connectivity index (χ1) is 16.2. The van der Waals surface area contributed by atoms with Gasteiger partial charge in [-0.2, -0.15) is 20.2 Å². The third kappa shape index (κ3) is 8.77. The van der Waals surface area contributed by atoms with E-state index in [4.69, 9.17) is 0 Å². The highest BCUT2D eigenvalue weighted by Gasteiger charge is 2.01. The van der Waals surface area contributed by atoms with Gasteiger partial charge in [-0.3, -0.25) is 0 Å². The van der Waals surface area contributed by atoms with Crippen LogP contribution < -0.4 is 5.32 Å². The van der Waals surface area contributed by atoms with Crippen molar-refractivity contribution in [3.05, 3.63) is 78.4 Å². The van der Waals surface area contributed by atoms with Gasteiger partial charge in [-0.1, -0.05) is 71.9 Å². The molecule has 0 atom stereocenters. The Hall–Kier alpha value is -3.67. The molecule has 0 aliphatic carbocycles. The summed E-state index contributed by atoms with van der Waals surface area (Å²) in [6.07, 6.45) is 0. The minimum absolute atomic E-state index is 0.533. The van der Waals surface area contributed by atoms with Gasteiger partial charge in [0.05, 0.1) is 11.4 Å². The average Bonchev–Trinajstić information content (AvgIpc) is 2.86. The fraction of sp³-hybridized carbons (Fsp3) is 0.296. The second-order valence-corrected chi connectivity index (χ2v) is 6.16. The van der Waals surface area contributed by atoms with E-state index in [1.165, 1.54) is 5.39 Å². The molecule has 0 spiro atoms. The van der Waals surface area contributed by atoms with Crippen molar-refractivity contribution in [3.8, 4) is 0 Å². The van der Waals surface area contributed by atoms with Gasteiger partial charge in [0.25, 0.3) is 0 Å². The van der Waals surface area contributed by atoms with Gasteiger partial charge >= 0.3 is 0 Å². The quantitative estimate of drug-likeness (QED) is 0.319.